The molecule has 0 bridgehead atoms. The molecule has 0 saturated heterocycles. The average Bonchev–Trinajstić information content (AvgIpc) is 2.98. The Balaban J connectivity index is 1.66. The molecule has 1 unspecified atom stereocenters. The molecule has 0 spiro atoms. The van der Waals surface area contributed by atoms with Crippen LogP contribution < -0.4 is 21.2 Å². The van der Waals surface area contributed by atoms with E-state index in [0.717, 1.165) is 12.8 Å². The molecule has 184 valence electrons. The van der Waals surface area contributed by atoms with Crippen LogP contribution in [-0.4, -0.2) is 10.5 Å². The number of aryl methyl sites for hydroxylation is 1. The standard InChI is InChI=1S/C34H33NP2/c1-29(27-28-30-17-7-2-8-18-30)35(36(31-19-9-3-10-20-31)32-21-11-4-12-22-32)37(33-23-13-5-14-24-33)34-25-15-6-16-26-34/h2-26,29H,27-28H2,1H3. The van der Waals surface area contributed by atoms with E-state index in [1.807, 2.05) is 0 Å². The van der Waals surface area contributed by atoms with Crippen molar-refractivity contribution in [2.75, 3.05) is 0 Å². The maximum Gasteiger partial charge on any atom is 0.0325 e. The van der Waals surface area contributed by atoms with Gasteiger partial charge in [-0.05, 0) is 46.5 Å². The Morgan fingerprint density at radius 2 is 0.757 bits per heavy atom. The van der Waals surface area contributed by atoms with Gasteiger partial charge in [0.05, 0.1) is 0 Å². The van der Waals surface area contributed by atoms with Crippen LogP contribution >= 0.6 is 16.1 Å². The predicted molar refractivity (Wildman–Crippen MR) is 164 cm³/mol. The Kier molecular flexibility index (Phi) is 8.94. The first-order valence-corrected chi connectivity index (χ1v) is 15.5. The third-order valence-electron chi connectivity index (χ3n) is 6.50. The highest BCUT2D eigenvalue weighted by Crippen LogP contribution is 2.56. The lowest BCUT2D eigenvalue weighted by Crippen LogP contribution is -2.37. The first-order valence-electron chi connectivity index (χ1n) is 12.9. The Morgan fingerprint density at radius 1 is 0.459 bits per heavy atom. The predicted octanol–water partition coefficient (Wildman–Crippen LogP) is 7.41. The minimum atomic E-state index is -0.759. The monoisotopic (exact) mass is 517 g/mol. The molecule has 1 atom stereocenters. The SMILES string of the molecule is CC(CCc1ccccc1)N(P(c1ccccc1)c1ccccc1)P(c1ccccc1)c1ccccc1. The fourth-order valence-corrected chi connectivity index (χ4v) is 11.0. The van der Waals surface area contributed by atoms with E-state index in [-0.39, 0.29) is 0 Å². The van der Waals surface area contributed by atoms with Crippen molar-refractivity contribution >= 4 is 37.4 Å². The molecule has 0 fully saturated rings. The van der Waals surface area contributed by atoms with Crippen molar-refractivity contribution in [3.8, 4) is 0 Å². The molecule has 1 nitrogen and oxygen atoms in total. The van der Waals surface area contributed by atoms with Crippen molar-refractivity contribution in [2.45, 2.75) is 25.8 Å². The molecule has 0 aromatic heterocycles. The summed E-state index contributed by atoms with van der Waals surface area (Å²) in [6.45, 7) is 2.44. The van der Waals surface area contributed by atoms with Gasteiger partial charge in [0.2, 0.25) is 0 Å². The van der Waals surface area contributed by atoms with Gasteiger partial charge in [0, 0.05) is 22.2 Å². The molecule has 5 aromatic carbocycles. The Bertz CT molecular complexity index is 1170. The van der Waals surface area contributed by atoms with E-state index in [9.17, 15) is 0 Å². The molecule has 5 rings (SSSR count). The summed E-state index contributed by atoms with van der Waals surface area (Å²) in [5.41, 5.74) is 1.40. The highest BCUT2D eigenvalue weighted by atomic mass is 31.2. The second kappa shape index (κ2) is 12.9. The van der Waals surface area contributed by atoms with E-state index in [4.69, 9.17) is 0 Å². The molecular formula is C34H33NP2. The van der Waals surface area contributed by atoms with Crippen LogP contribution in [0.4, 0.5) is 0 Å². The van der Waals surface area contributed by atoms with Crippen molar-refractivity contribution in [3.05, 3.63) is 157 Å². The molecule has 0 aliphatic heterocycles. The zero-order valence-electron chi connectivity index (χ0n) is 21.3. The van der Waals surface area contributed by atoms with Crippen molar-refractivity contribution in [1.29, 1.82) is 0 Å². The molecule has 0 aliphatic rings. The van der Waals surface area contributed by atoms with Gasteiger partial charge in [-0.2, -0.15) is 0 Å². The Morgan fingerprint density at radius 3 is 1.08 bits per heavy atom. The fraction of sp³-hybridized carbons (Fsp3) is 0.118. The second-order valence-electron chi connectivity index (χ2n) is 9.16. The maximum atomic E-state index is 2.88. The second-order valence-corrected chi connectivity index (χ2v) is 13.6. The van der Waals surface area contributed by atoms with Crippen molar-refractivity contribution in [1.82, 2.24) is 4.44 Å². The fourth-order valence-electron chi connectivity index (χ4n) is 4.67. The van der Waals surface area contributed by atoms with Crippen LogP contribution in [0.25, 0.3) is 0 Å². The number of benzene rings is 5. The molecule has 37 heavy (non-hydrogen) atoms. The average molecular weight is 518 g/mol. The summed E-state index contributed by atoms with van der Waals surface area (Å²) in [7, 11) is -1.52. The topological polar surface area (TPSA) is 3.24 Å². The number of hydrogen-bond acceptors (Lipinski definition) is 1. The third-order valence-corrected chi connectivity index (χ3v) is 12.3. The minimum Gasteiger partial charge on any atom is -0.242 e. The third kappa shape index (κ3) is 6.44. The van der Waals surface area contributed by atoms with Gasteiger partial charge in [0.25, 0.3) is 0 Å². The van der Waals surface area contributed by atoms with Gasteiger partial charge in [0.1, 0.15) is 0 Å². The largest absolute Gasteiger partial charge is 0.242 e. The van der Waals surface area contributed by atoms with Gasteiger partial charge >= 0.3 is 0 Å². The van der Waals surface area contributed by atoms with E-state index < -0.39 is 16.1 Å². The van der Waals surface area contributed by atoms with Crippen LogP contribution in [0.15, 0.2) is 152 Å². The lowest BCUT2D eigenvalue weighted by Gasteiger charge is -2.43. The van der Waals surface area contributed by atoms with Crippen LogP contribution in [0, 0.1) is 0 Å². The van der Waals surface area contributed by atoms with E-state index in [0.29, 0.717) is 6.04 Å². The number of rotatable bonds is 10. The summed E-state index contributed by atoms with van der Waals surface area (Å²) in [6.07, 6.45) is 2.17. The summed E-state index contributed by atoms with van der Waals surface area (Å²) in [5.74, 6) is 0. The van der Waals surface area contributed by atoms with Crippen LogP contribution in [-0.2, 0) is 6.42 Å². The Labute approximate surface area is 224 Å². The van der Waals surface area contributed by atoms with E-state index in [1.165, 1.54) is 26.8 Å². The molecule has 0 amide bonds. The molecule has 0 saturated carbocycles. The van der Waals surface area contributed by atoms with Crippen molar-refractivity contribution < 1.29 is 0 Å². The van der Waals surface area contributed by atoms with Gasteiger partial charge in [-0.15, -0.1) is 0 Å². The normalized spacial score (nSPS) is 12.2. The summed E-state index contributed by atoms with van der Waals surface area (Å²) in [6, 6.07) is 55.9. The summed E-state index contributed by atoms with van der Waals surface area (Å²) >= 11 is 0. The molecule has 0 radical (unpaired) electrons. The molecule has 5 aromatic rings. The first-order chi connectivity index (χ1) is 18.3. The summed E-state index contributed by atoms with van der Waals surface area (Å²) in [4.78, 5) is 0. The summed E-state index contributed by atoms with van der Waals surface area (Å²) < 4.78 is 2.88. The zero-order chi connectivity index (χ0) is 25.3. The van der Waals surface area contributed by atoms with Gasteiger partial charge in [0.15, 0.2) is 0 Å². The van der Waals surface area contributed by atoms with Crippen LogP contribution in [0.5, 0.6) is 0 Å². The quantitative estimate of drug-likeness (QED) is 0.174. The van der Waals surface area contributed by atoms with E-state index in [1.54, 1.807) is 0 Å². The zero-order valence-corrected chi connectivity index (χ0v) is 23.1. The first kappa shape index (κ1) is 25.6. The van der Waals surface area contributed by atoms with Crippen LogP contribution in [0.3, 0.4) is 0 Å². The molecule has 0 N–H and O–H groups in total. The highest BCUT2D eigenvalue weighted by Gasteiger charge is 2.34. The minimum absolute atomic E-state index is 0.373. The molecule has 0 aliphatic carbocycles. The Hall–Kier alpha value is -3.08. The molecule has 0 heterocycles. The van der Waals surface area contributed by atoms with E-state index >= 15 is 0 Å². The number of hydrogen-bond donors (Lipinski definition) is 0. The highest BCUT2D eigenvalue weighted by molar-refractivity contribution is 7.84. The summed E-state index contributed by atoms with van der Waals surface area (Å²) in [5, 5.41) is 5.59. The maximum absolute atomic E-state index is 2.88. The molecule has 3 heteroatoms. The van der Waals surface area contributed by atoms with E-state index in [2.05, 4.69) is 163 Å². The van der Waals surface area contributed by atoms with Gasteiger partial charge < -0.3 is 0 Å². The van der Waals surface area contributed by atoms with Gasteiger partial charge in [-0.1, -0.05) is 152 Å². The molecular weight excluding hydrogens is 484 g/mol. The smallest absolute Gasteiger partial charge is 0.0325 e. The van der Waals surface area contributed by atoms with Crippen LogP contribution in [0.2, 0.25) is 0 Å². The van der Waals surface area contributed by atoms with Crippen molar-refractivity contribution in [3.63, 3.8) is 0 Å². The lowest BCUT2D eigenvalue weighted by atomic mass is 10.1. The van der Waals surface area contributed by atoms with Crippen LogP contribution in [0.1, 0.15) is 18.9 Å². The van der Waals surface area contributed by atoms with Gasteiger partial charge in [-0.3, -0.25) is 0 Å². The van der Waals surface area contributed by atoms with Crippen molar-refractivity contribution in [2.24, 2.45) is 0 Å². The number of nitrogens with zero attached hydrogens (tertiary/aromatic N) is 1. The lowest BCUT2D eigenvalue weighted by molar-refractivity contribution is 0.499. The van der Waals surface area contributed by atoms with Gasteiger partial charge in [-0.25, -0.2) is 4.44 Å².